The first-order valence-corrected chi connectivity index (χ1v) is 9.07. The minimum Gasteiger partial charge on any atom is -0.464 e. The van der Waals surface area contributed by atoms with Crippen LogP contribution in [0.1, 0.15) is 16.1 Å². The van der Waals surface area contributed by atoms with E-state index in [2.05, 4.69) is 4.90 Å². The summed E-state index contributed by atoms with van der Waals surface area (Å²) < 4.78 is 10.5. The number of nitro groups is 1. The number of carbonyl (C=O) groups is 1. The maximum atomic E-state index is 12.1. The predicted molar refractivity (Wildman–Crippen MR) is 95.6 cm³/mol. The molecule has 1 aromatic carbocycles. The van der Waals surface area contributed by atoms with E-state index >= 15 is 0 Å². The van der Waals surface area contributed by atoms with Gasteiger partial charge >= 0.3 is 5.97 Å². The van der Waals surface area contributed by atoms with E-state index in [1.165, 1.54) is 30.3 Å². The summed E-state index contributed by atoms with van der Waals surface area (Å²) in [5.41, 5.74) is -0.487. The van der Waals surface area contributed by atoms with Gasteiger partial charge < -0.3 is 9.15 Å². The van der Waals surface area contributed by atoms with E-state index < -0.39 is 16.3 Å². The van der Waals surface area contributed by atoms with Gasteiger partial charge in [0.1, 0.15) is 12.0 Å². The average molecular weight is 376 g/mol. The fourth-order valence-corrected chi connectivity index (χ4v) is 3.43. The highest BCUT2D eigenvalue weighted by Crippen LogP contribution is 2.16. The van der Waals surface area contributed by atoms with Gasteiger partial charge in [-0.2, -0.15) is 11.8 Å². The third kappa shape index (κ3) is 4.50. The summed E-state index contributed by atoms with van der Waals surface area (Å²) in [6, 6.07) is 6.24. The number of hydrogen-bond acceptors (Lipinski definition) is 8. The van der Waals surface area contributed by atoms with Crippen molar-refractivity contribution in [1.29, 1.82) is 0 Å². The van der Waals surface area contributed by atoms with Crippen LogP contribution in [-0.4, -0.2) is 40.4 Å². The molecule has 0 unspecified atom stereocenters. The van der Waals surface area contributed by atoms with E-state index in [0.29, 0.717) is 12.3 Å². The number of benzene rings is 1. The van der Waals surface area contributed by atoms with Gasteiger partial charge in [-0.25, -0.2) is 4.79 Å². The van der Waals surface area contributed by atoms with Crippen molar-refractivity contribution in [2.45, 2.75) is 6.54 Å². The quantitative estimate of drug-likeness (QED) is 0.445. The summed E-state index contributed by atoms with van der Waals surface area (Å²) in [4.78, 5) is 36.5. The van der Waals surface area contributed by atoms with Crippen LogP contribution in [0.4, 0.5) is 5.69 Å². The number of non-ortho nitro benzene ring substituents is 1. The Bertz CT molecular complexity index is 858. The maximum Gasteiger partial charge on any atom is 0.343 e. The highest BCUT2D eigenvalue weighted by atomic mass is 32.2. The van der Waals surface area contributed by atoms with Crippen LogP contribution in [0.5, 0.6) is 5.75 Å². The Morgan fingerprint density at radius 1 is 1.27 bits per heavy atom. The van der Waals surface area contributed by atoms with Gasteiger partial charge in [0.25, 0.3) is 5.69 Å². The van der Waals surface area contributed by atoms with E-state index in [-0.39, 0.29) is 17.0 Å². The lowest BCUT2D eigenvalue weighted by Gasteiger charge is -2.25. The standard InChI is InChI=1S/C17H16N2O6S/c20-15-9-14(10-18-5-7-26-8-6-18)24-11-16(15)25-17(21)12-1-3-13(4-2-12)19(22)23/h1-4,9,11H,5-8,10H2. The molecule has 2 heterocycles. The van der Waals surface area contributed by atoms with E-state index in [1.807, 2.05) is 11.8 Å². The topological polar surface area (TPSA) is 103 Å². The predicted octanol–water partition coefficient (Wildman–Crippen LogP) is 2.32. The third-order valence-corrected chi connectivity index (χ3v) is 4.79. The van der Waals surface area contributed by atoms with E-state index in [0.717, 1.165) is 30.9 Å². The molecule has 0 amide bonds. The van der Waals surface area contributed by atoms with Crippen molar-refractivity contribution in [2.75, 3.05) is 24.6 Å². The molecule has 26 heavy (non-hydrogen) atoms. The number of nitro benzene ring substituents is 1. The fraction of sp³-hybridized carbons (Fsp3) is 0.294. The summed E-state index contributed by atoms with van der Waals surface area (Å²) >= 11 is 1.89. The van der Waals surface area contributed by atoms with E-state index in [9.17, 15) is 19.7 Å². The molecule has 0 bridgehead atoms. The van der Waals surface area contributed by atoms with Gasteiger partial charge in [-0.1, -0.05) is 0 Å². The van der Waals surface area contributed by atoms with Gasteiger partial charge in [-0.05, 0) is 12.1 Å². The Morgan fingerprint density at radius 2 is 1.96 bits per heavy atom. The number of rotatable bonds is 5. The van der Waals surface area contributed by atoms with Gasteiger partial charge in [-0.15, -0.1) is 0 Å². The molecule has 136 valence electrons. The number of hydrogen-bond donors (Lipinski definition) is 0. The summed E-state index contributed by atoms with van der Waals surface area (Å²) in [5, 5.41) is 10.6. The summed E-state index contributed by atoms with van der Waals surface area (Å²) in [6.07, 6.45) is 1.12. The Hall–Kier alpha value is -2.65. The number of nitrogens with zero attached hydrogens (tertiary/aromatic N) is 2. The van der Waals surface area contributed by atoms with Gasteiger partial charge in [0.05, 0.1) is 17.0 Å². The summed E-state index contributed by atoms with van der Waals surface area (Å²) in [6.45, 7) is 2.41. The van der Waals surface area contributed by atoms with Gasteiger partial charge in [-0.3, -0.25) is 19.8 Å². The molecule has 1 aliphatic heterocycles. The molecule has 0 spiro atoms. The maximum absolute atomic E-state index is 12.1. The molecule has 0 aliphatic carbocycles. The molecule has 8 nitrogen and oxygen atoms in total. The van der Waals surface area contributed by atoms with Crippen LogP contribution in [0.15, 0.2) is 45.8 Å². The molecule has 1 fully saturated rings. The number of ether oxygens (including phenoxy) is 1. The van der Waals surface area contributed by atoms with E-state index in [4.69, 9.17) is 9.15 Å². The first-order chi connectivity index (χ1) is 12.5. The lowest BCUT2D eigenvalue weighted by molar-refractivity contribution is -0.384. The van der Waals surface area contributed by atoms with Crippen LogP contribution < -0.4 is 10.2 Å². The van der Waals surface area contributed by atoms with Crippen molar-refractivity contribution in [3.8, 4) is 5.75 Å². The summed E-state index contributed by atoms with van der Waals surface area (Å²) in [5.74, 6) is 1.61. The molecule has 0 atom stereocenters. The first-order valence-electron chi connectivity index (χ1n) is 7.91. The number of carbonyl (C=O) groups excluding carboxylic acids is 1. The molecule has 0 N–H and O–H groups in total. The number of thioether (sulfide) groups is 1. The molecule has 1 aliphatic rings. The fourth-order valence-electron chi connectivity index (χ4n) is 2.45. The zero-order chi connectivity index (χ0) is 18.5. The Kier molecular flexibility index (Phi) is 5.69. The molecule has 2 aromatic rings. The molecule has 0 saturated carbocycles. The molecular formula is C17H16N2O6S. The van der Waals surface area contributed by atoms with Crippen LogP contribution >= 0.6 is 11.8 Å². The Balaban J connectivity index is 1.66. The SMILES string of the molecule is O=C(Oc1coc(CN2CCSCC2)cc1=O)c1ccc([N+](=O)[O-])cc1. The normalized spacial score (nSPS) is 14.8. The van der Waals surface area contributed by atoms with Gasteiger partial charge in [0, 0.05) is 42.8 Å². The van der Waals surface area contributed by atoms with Crippen molar-refractivity contribution in [2.24, 2.45) is 0 Å². The van der Waals surface area contributed by atoms with Crippen LogP contribution in [-0.2, 0) is 6.54 Å². The molecule has 1 saturated heterocycles. The van der Waals surface area contributed by atoms with Crippen molar-refractivity contribution >= 4 is 23.4 Å². The first kappa shape index (κ1) is 18.2. The van der Waals surface area contributed by atoms with Crippen molar-refractivity contribution in [3.63, 3.8) is 0 Å². The smallest absolute Gasteiger partial charge is 0.343 e. The number of esters is 1. The van der Waals surface area contributed by atoms with Crippen LogP contribution in [0.3, 0.4) is 0 Å². The lowest BCUT2D eigenvalue weighted by atomic mass is 10.2. The van der Waals surface area contributed by atoms with Crippen LogP contribution in [0.2, 0.25) is 0 Å². The van der Waals surface area contributed by atoms with Gasteiger partial charge in [0.15, 0.2) is 0 Å². The van der Waals surface area contributed by atoms with E-state index in [1.54, 1.807) is 0 Å². The molecule has 1 aromatic heterocycles. The zero-order valence-corrected chi connectivity index (χ0v) is 14.6. The molecular weight excluding hydrogens is 360 g/mol. The van der Waals surface area contributed by atoms with Gasteiger partial charge in [0.2, 0.25) is 11.2 Å². The minimum atomic E-state index is -0.784. The molecule has 3 rings (SSSR count). The van der Waals surface area contributed by atoms with Crippen molar-refractivity contribution < 1.29 is 18.9 Å². The zero-order valence-electron chi connectivity index (χ0n) is 13.8. The second-order valence-electron chi connectivity index (χ2n) is 5.66. The van der Waals surface area contributed by atoms with Crippen LogP contribution in [0, 0.1) is 10.1 Å². The molecule has 0 radical (unpaired) electrons. The molecule has 9 heteroatoms. The minimum absolute atomic E-state index is 0.102. The Labute approximate surface area is 152 Å². The third-order valence-electron chi connectivity index (χ3n) is 3.85. The second kappa shape index (κ2) is 8.15. The van der Waals surface area contributed by atoms with Crippen molar-refractivity contribution in [3.05, 3.63) is 68.3 Å². The largest absolute Gasteiger partial charge is 0.464 e. The highest BCUT2D eigenvalue weighted by molar-refractivity contribution is 7.99. The summed E-state index contributed by atoms with van der Waals surface area (Å²) in [7, 11) is 0. The Morgan fingerprint density at radius 3 is 2.58 bits per heavy atom. The second-order valence-corrected chi connectivity index (χ2v) is 6.88. The van der Waals surface area contributed by atoms with Crippen LogP contribution in [0.25, 0.3) is 0 Å². The van der Waals surface area contributed by atoms with Crippen molar-refractivity contribution in [1.82, 2.24) is 4.90 Å². The lowest BCUT2D eigenvalue weighted by Crippen LogP contribution is -2.32. The monoisotopic (exact) mass is 376 g/mol. The highest BCUT2D eigenvalue weighted by Gasteiger charge is 2.16. The average Bonchev–Trinajstić information content (AvgIpc) is 2.65.